The van der Waals surface area contributed by atoms with Crippen LogP contribution in [0.2, 0.25) is 0 Å². The minimum Gasteiger partial charge on any atom is -0.455 e. The Hall–Kier alpha value is -5.22. The van der Waals surface area contributed by atoms with E-state index in [9.17, 15) is 0 Å². The summed E-state index contributed by atoms with van der Waals surface area (Å²) in [5.41, 5.74) is 11.8. The van der Waals surface area contributed by atoms with Crippen LogP contribution in [-0.2, 0) is 5.41 Å². The monoisotopic (exact) mass is 528 g/mol. The molecular formula is C37H24N2O2. The molecule has 0 atom stereocenters. The summed E-state index contributed by atoms with van der Waals surface area (Å²) in [6.45, 7) is 4.49. The van der Waals surface area contributed by atoms with Gasteiger partial charge in [0.05, 0.1) is 22.5 Å². The van der Waals surface area contributed by atoms with E-state index in [0.29, 0.717) is 0 Å². The average molecular weight is 529 g/mol. The standard InChI is InChI=1S/C37H24N2O2/c1-37(2)27-13-8-18-38-33(27)34-28(37)16-17-29(39-34)22-10-7-9-21(19-22)25-20-26-23-11-3-5-14-30(23)40-36(26)32-24-12-4-6-15-31(24)41-35(25)32/h3-20H,1-2H3. The van der Waals surface area contributed by atoms with Crippen LogP contribution in [0, 0.1) is 0 Å². The Morgan fingerprint density at radius 3 is 2.20 bits per heavy atom. The van der Waals surface area contributed by atoms with E-state index >= 15 is 0 Å². The van der Waals surface area contributed by atoms with Gasteiger partial charge in [0.25, 0.3) is 0 Å². The molecule has 0 bridgehead atoms. The van der Waals surface area contributed by atoms with Gasteiger partial charge in [0.1, 0.15) is 22.3 Å². The van der Waals surface area contributed by atoms with E-state index in [1.54, 1.807) is 0 Å². The van der Waals surface area contributed by atoms with Crippen LogP contribution in [0.5, 0.6) is 0 Å². The van der Waals surface area contributed by atoms with Crippen molar-refractivity contribution in [3.63, 3.8) is 0 Å². The molecule has 1 aliphatic carbocycles. The van der Waals surface area contributed by atoms with Crippen molar-refractivity contribution in [1.82, 2.24) is 9.97 Å². The fourth-order valence-corrected chi connectivity index (χ4v) is 6.67. The molecule has 194 valence electrons. The molecule has 0 fully saturated rings. The van der Waals surface area contributed by atoms with Crippen molar-refractivity contribution in [2.45, 2.75) is 19.3 Å². The van der Waals surface area contributed by atoms with Crippen molar-refractivity contribution >= 4 is 43.9 Å². The van der Waals surface area contributed by atoms with Gasteiger partial charge in [0.2, 0.25) is 0 Å². The summed E-state index contributed by atoms with van der Waals surface area (Å²) in [4.78, 5) is 9.89. The van der Waals surface area contributed by atoms with Gasteiger partial charge < -0.3 is 8.83 Å². The second-order valence-corrected chi connectivity index (χ2v) is 11.4. The molecule has 4 heteroatoms. The third-order valence-corrected chi connectivity index (χ3v) is 8.73. The maximum absolute atomic E-state index is 6.53. The van der Waals surface area contributed by atoms with Crippen LogP contribution in [-0.4, -0.2) is 9.97 Å². The Bertz CT molecular complexity index is 2360. The second-order valence-electron chi connectivity index (χ2n) is 11.4. The smallest absolute Gasteiger partial charge is 0.147 e. The number of aromatic nitrogens is 2. The van der Waals surface area contributed by atoms with Gasteiger partial charge in [-0.2, -0.15) is 0 Å². The lowest BCUT2D eigenvalue weighted by atomic mass is 9.83. The molecule has 4 nitrogen and oxygen atoms in total. The van der Waals surface area contributed by atoms with E-state index in [0.717, 1.165) is 77.6 Å². The Morgan fingerprint density at radius 2 is 1.32 bits per heavy atom. The van der Waals surface area contributed by atoms with Gasteiger partial charge in [-0.3, -0.25) is 4.98 Å². The van der Waals surface area contributed by atoms with E-state index in [4.69, 9.17) is 18.8 Å². The molecule has 1 aliphatic rings. The number of furan rings is 2. The largest absolute Gasteiger partial charge is 0.455 e. The lowest BCUT2D eigenvalue weighted by Gasteiger charge is -2.20. The molecule has 0 N–H and O–H groups in total. The van der Waals surface area contributed by atoms with Gasteiger partial charge >= 0.3 is 0 Å². The molecule has 41 heavy (non-hydrogen) atoms. The predicted octanol–water partition coefficient (Wildman–Crippen LogP) is 9.92. The predicted molar refractivity (Wildman–Crippen MR) is 165 cm³/mol. The molecule has 4 heterocycles. The van der Waals surface area contributed by atoms with Crippen LogP contribution in [0.25, 0.3) is 77.6 Å². The highest BCUT2D eigenvalue weighted by Crippen LogP contribution is 2.48. The first-order chi connectivity index (χ1) is 20.1. The molecule has 4 aromatic carbocycles. The van der Waals surface area contributed by atoms with E-state index in [1.165, 1.54) is 11.1 Å². The summed E-state index contributed by atoms with van der Waals surface area (Å²) < 4.78 is 13.0. The van der Waals surface area contributed by atoms with Gasteiger partial charge in [-0.05, 0) is 53.1 Å². The van der Waals surface area contributed by atoms with Crippen LogP contribution in [0.4, 0.5) is 0 Å². The zero-order chi connectivity index (χ0) is 27.3. The summed E-state index contributed by atoms with van der Waals surface area (Å²) in [6, 6.07) is 35.7. The second kappa shape index (κ2) is 7.92. The highest BCUT2D eigenvalue weighted by molar-refractivity contribution is 6.25. The highest BCUT2D eigenvalue weighted by atomic mass is 16.3. The number of benzene rings is 4. The minimum absolute atomic E-state index is 0.123. The topological polar surface area (TPSA) is 52.1 Å². The van der Waals surface area contributed by atoms with Crippen molar-refractivity contribution in [2.24, 2.45) is 0 Å². The molecule has 8 aromatic rings. The first-order valence-electron chi connectivity index (χ1n) is 13.9. The number of rotatable bonds is 2. The summed E-state index contributed by atoms with van der Waals surface area (Å²) in [5.74, 6) is 0. The lowest BCUT2D eigenvalue weighted by molar-refractivity contribution is 0.658. The Labute approximate surface area is 235 Å². The molecule has 4 aromatic heterocycles. The number of hydrogen-bond donors (Lipinski definition) is 0. The van der Waals surface area contributed by atoms with E-state index in [1.807, 2.05) is 42.6 Å². The maximum Gasteiger partial charge on any atom is 0.147 e. The van der Waals surface area contributed by atoms with Gasteiger partial charge in [0, 0.05) is 38.9 Å². The summed E-state index contributed by atoms with van der Waals surface area (Å²) in [7, 11) is 0. The Kier molecular flexibility index (Phi) is 4.36. The number of nitrogens with zero attached hydrogens (tertiary/aromatic N) is 2. The molecular weight excluding hydrogens is 504 g/mol. The number of fused-ring (bicyclic) bond motifs is 10. The maximum atomic E-state index is 6.53. The van der Waals surface area contributed by atoms with Crippen LogP contribution >= 0.6 is 0 Å². The van der Waals surface area contributed by atoms with Crippen molar-refractivity contribution < 1.29 is 8.83 Å². The zero-order valence-corrected chi connectivity index (χ0v) is 22.6. The lowest BCUT2D eigenvalue weighted by Crippen LogP contribution is -2.15. The summed E-state index contributed by atoms with van der Waals surface area (Å²) in [5, 5.41) is 4.25. The molecule has 0 radical (unpaired) electrons. The summed E-state index contributed by atoms with van der Waals surface area (Å²) >= 11 is 0. The molecule has 9 rings (SSSR count). The normalized spacial score (nSPS) is 13.8. The fourth-order valence-electron chi connectivity index (χ4n) is 6.67. The van der Waals surface area contributed by atoms with Crippen LogP contribution < -0.4 is 0 Å². The van der Waals surface area contributed by atoms with Crippen LogP contribution in [0.15, 0.2) is 118 Å². The van der Waals surface area contributed by atoms with Crippen molar-refractivity contribution in [3.8, 4) is 33.8 Å². The van der Waals surface area contributed by atoms with Gasteiger partial charge in [0.15, 0.2) is 0 Å². The fraction of sp³-hybridized carbons (Fsp3) is 0.0811. The SMILES string of the molecule is CC1(C)c2cccnc2-c2nc(-c3cccc(-c4cc5c6ccccc6oc5c5c4oc4ccccc45)c3)ccc21. The van der Waals surface area contributed by atoms with Crippen molar-refractivity contribution in [2.75, 3.05) is 0 Å². The molecule has 0 spiro atoms. The van der Waals surface area contributed by atoms with Crippen LogP contribution in [0.3, 0.4) is 0 Å². The minimum atomic E-state index is -0.123. The first kappa shape index (κ1) is 22.6. The first-order valence-corrected chi connectivity index (χ1v) is 13.9. The Balaban J connectivity index is 1.28. The molecule has 0 saturated carbocycles. The molecule has 0 unspecified atom stereocenters. The zero-order valence-electron chi connectivity index (χ0n) is 22.6. The van der Waals surface area contributed by atoms with Gasteiger partial charge in [-0.1, -0.05) is 80.6 Å². The van der Waals surface area contributed by atoms with Gasteiger partial charge in [-0.25, -0.2) is 4.98 Å². The highest BCUT2D eigenvalue weighted by Gasteiger charge is 2.37. The average Bonchev–Trinajstić information content (AvgIpc) is 3.65. The van der Waals surface area contributed by atoms with Crippen molar-refractivity contribution in [1.29, 1.82) is 0 Å². The number of pyridine rings is 2. The van der Waals surface area contributed by atoms with Gasteiger partial charge in [-0.15, -0.1) is 0 Å². The number of hydrogen-bond acceptors (Lipinski definition) is 4. The molecule has 0 saturated heterocycles. The molecule has 0 aliphatic heterocycles. The quantitative estimate of drug-likeness (QED) is 0.224. The van der Waals surface area contributed by atoms with E-state index < -0.39 is 0 Å². The third kappa shape index (κ3) is 3.05. The van der Waals surface area contributed by atoms with E-state index in [-0.39, 0.29) is 5.41 Å². The Morgan fingerprint density at radius 1 is 0.585 bits per heavy atom. The summed E-state index contributed by atoms with van der Waals surface area (Å²) in [6.07, 6.45) is 1.85. The van der Waals surface area contributed by atoms with Crippen molar-refractivity contribution in [3.05, 3.63) is 120 Å². The van der Waals surface area contributed by atoms with E-state index in [2.05, 4.69) is 80.6 Å². The third-order valence-electron chi connectivity index (χ3n) is 8.73. The molecule has 0 amide bonds. The van der Waals surface area contributed by atoms with Crippen LogP contribution in [0.1, 0.15) is 25.0 Å². The number of para-hydroxylation sites is 2.